The van der Waals surface area contributed by atoms with Crippen LogP contribution in [0.4, 0.5) is 5.69 Å². The van der Waals surface area contributed by atoms with Crippen molar-refractivity contribution in [3.63, 3.8) is 0 Å². The van der Waals surface area contributed by atoms with Gasteiger partial charge in [0.25, 0.3) is 0 Å². The Morgan fingerprint density at radius 2 is 1.90 bits per heavy atom. The molecule has 5 heteroatoms. The van der Waals surface area contributed by atoms with E-state index in [0.29, 0.717) is 12.5 Å². The lowest BCUT2D eigenvalue weighted by molar-refractivity contribution is -0.117. The van der Waals surface area contributed by atoms with Crippen molar-refractivity contribution in [2.75, 3.05) is 38.5 Å². The lowest BCUT2D eigenvalue weighted by Crippen LogP contribution is -2.37. The van der Waals surface area contributed by atoms with Crippen LogP contribution < -0.4 is 10.6 Å². The van der Waals surface area contributed by atoms with Crippen molar-refractivity contribution in [1.82, 2.24) is 10.2 Å². The first-order valence-corrected chi connectivity index (χ1v) is 7.39. The number of benzene rings is 1. The van der Waals surface area contributed by atoms with Crippen LogP contribution in [0.2, 0.25) is 0 Å². The minimum atomic E-state index is 0. The van der Waals surface area contributed by atoms with E-state index in [-0.39, 0.29) is 18.3 Å². The Kier molecular flexibility index (Phi) is 7.72. The molecule has 0 spiro atoms. The van der Waals surface area contributed by atoms with Gasteiger partial charge in [-0.25, -0.2) is 0 Å². The fourth-order valence-electron chi connectivity index (χ4n) is 2.65. The fourth-order valence-corrected chi connectivity index (χ4v) is 2.65. The monoisotopic (exact) mass is 311 g/mol. The van der Waals surface area contributed by atoms with E-state index in [0.717, 1.165) is 25.3 Å². The van der Waals surface area contributed by atoms with E-state index < -0.39 is 0 Å². The first-order valence-electron chi connectivity index (χ1n) is 7.39. The number of anilines is 1. The molecule has 4 nitrogen and oxygen atoms in total. The van der Waals surface area contributed by atoms with E-state index in [2.05, 4.69) is 15.5 Å². The Labute approximate surface area is 133 Å². The van der Waals surface area contributed by atoms with Gasteiger partial charge in [-0.1, -0.05) is 17.7 Å². The Balaban J connectivity index is 0.00000220. The van der Waals surface area contributed by atoms with Gasteiger partial charge in [0.05, 0.1) is 6.54 Å². The Morgan fingerprint density at radius 3 is 2.52 bits per heavy atom. The van der Waals surface area contributed by atoms with Crippen molar-refractivity contribution in [3.8, 4) is 0 Å². The number of carbonyl (C=O) groups is 1. The number of hydrogen-bond acceptors (Lipinski definition) is 3. The molecule has 0 saturated carbocycles. The predicted molar refractivity (Wildman–Crippen MR) is 90.1 cm³/mol. The van der Waals surface area contributed by atoms with Gasteiger partial charge in [-0.2, -0.15) is 0 Å². The molecular weight excluding hydrogens is 286 g/mol. The topological polar surface area (TPSA) is 44.4 Å². The summed E-state index contributed by atoms with van der Waals surface area (Å²) in [6.07, 6.45) is 2.42. The molecule has 1 saturated heterocycles. The van der Waals surface area contributed by atoms with Crippen LogP contribution in [0, 0.1) is 12.8 Å². The molecule has 2 rings (SSSR count). The maximum Gasteiger partial charge on any atom is 0.238 e. The molecule has 0 radical (unpaired) electrons. The molecule has 0 aliphatic carbocycles. The number of aryl methyl sites for hydroxylation is 1. The summed E-state index contributed by atoms with van der Waals surface area (Å²) in [7, 11) is 2.02. The zero-order valence-corrected chi connectivity index (χ0v) is 13.7. The zero-order chi connectivity index (χ0) is 14.4. The third-order valence-corrected chi connectivity index (χ3v) is 3.78. The van der Waals surface area contributed by atoms with E-state index in [1.165, 1.54) is 18.4 Å². The van der Waals surface area contributed by atoms with Crippen LogP contribution >= 0.6 is 12.4 Å². The number of nitrogens with one attached hydrogen (secondary N) is 2. The normalized spacial score (nSPS) is 15.6. The predicted octanol–water partition coefficient (Wildman–Crippen LogP) is 2.29. The number of piperidine rings is 1. The van der Waals surface area contributed by atoms with Crippen LogP contribution in [0.5, 0.6) is 0 Å². The average Bonchev–Trinajstić information content (AvgIpc) is 2.42. The number of hydrogen-bond donors (Lipinski definition) is 2. The molecule has 0 aromatic heterocycles. The van der Waals surface area contributed by atoms with Gasteiger partial charge in [0.1, 0.15) is 0 Å². The summed E-state index contributed by atoms with van der Waals surface area (Å²) in [5.41, 5.74) is 2.07. The molecule has 1 aromatic rings. The number of halogens is 1. The number of amides is 1. The standard InChI is InChI=1S/C16H25N3O.ClH/c1-13-3-5-15(6-4-13)18-16(20)12-19(2)11-14-7-9-17-10-8-14;/h3-6,14,17H,7-12H2,1-2H3,(H,18,20);1H. The minimum absolute atomic E-state index is 0. The van der Waals surface area contributed by atoms with Gasteiger partial charge in [0.2, 0.25) is 5.91 Å². The van der Waals surface area contributed by atoms with E-state index in [4.69, 9.17) is 0 Å². The van der Waals surface area contributed by atoms with Crippen molar-refractivity contribution >= 4 is 24.0 Å². The zero-order valence-electron chi connectivity index (χ0n) is 12.9. The first-order chi connectivity index (χ1) is 9.63. The van der Waals surface area contributed by atoms with Crippen LogP contribution in [0.15, 0.2) is 24.3 Å². The van der Waals surface area contributed by atoms with Gasteiger partial charge >= 0.3 is 0 Å². The van der Waals surface area contributed by atoms with E-state index >= 15 is 0 Å². The summed E-state index contributed by atoms with van der Waals surface area (Å²) in [6, 6.07) is 7.91. The van der Waals surface area contributed by atoms with Crippen molar-refractivity contribution < 1.29 is 4.79 Å². The van der Waals surface area contributed by atoms with Crippen molar-refractivity contribution in [2.45, 2.75) is 19.8 Å². The lowest BCUT2D eigenvalue weighted by atomic mass is 9.98. The van der Waals surface area contributed by atoms with Gasteiger partial charge in [-0.05, 0) is 58.0 Å². The third-order valence-electron chi connectivity index (χ3n) is 3.78. The molecule has 1 aliphatic rings. The number of likely N-dealkylation sites (N-methyl/N-ethyl adjacent to an activating group) is 1. The van der Waals surface area contributed by atoms with Gasteiger partial charge in [0, 0.05) is 12.2 Å². The molecule has 0 unspecified atom stereocenters. The maximum absolute atomic E-state index is 12.0. The van der Waals surface area contributed by atoms with Gasteiger partial charge in [-0.3, -0.25) is 9.69 Å². The highest BCUT2D eigenvalue weighted by Crippen LogP contribution is 2.13. The summed E-state index contributed by atoms with van der Waals surface area (Å²) >= 11 is 0. The Hall–Kier alpha value is -1.10. The molecule has 0 bridgehead atoms. The molecular formula is C16H26ClN3O. The second kappa shape index (κ2) is 9.03. The Bertz CT molecular complexity index is 430. The molecule has 1 fully saturated rings. The quantitative estimate of drug-likeness (QED) is 0.877. The second-order valence-corrected chi connectivity index (χ2v) is 5.80. The van der Waals surface area contributed by atoms with E-state index in [1.807, 2.05) is 38.2 Å². The van der Waals surface area contributed by atoms with E-state index in [1.54, 1.807) is 0 Å². The second-order valence-electron chi connectivity index (χ2n) is 5.80. The summed E-state index contributed by atoms with van der Waals surface area (Å²) in [5.74, 6) is 0.777. The molecule has 1 aliphatic heterocycles. The van der Waals surface area contributed by atoms with Crippen molar-refractivity contribution in [2.24, 2.45) is 5.92 Å². The first kappa shape index (κ1) is 18.0. The highest BCUT2D eigenvalue weighted by Gasteiger charge is 2.16. The summed E-state index contributed by atoms with van der Waals surface area (Å²) < 4.78 is 0. The van der Waals surface area contributed by atoms with Gasteiger partial charge in [-0.15, -0.1) is 12.4 Å². The summed E-state index contributed by atoms with van der Waals surface area (Å²) in [5, 5.41) is 6.31. The van der Waals surface area contributed by atoms with Crippen LogP contribution in [-0.4, -0.2) is 44.0 Å². The molecule has 21 heavy (non-hydrogen) atoms. The third kappa shape index (κ3) is 6.46. The molecule has 118 valence electrons. The van der Waals surface area contributed by atoms with Gasteiger partial charge in [0.15, 0.2) is 0 Å². The van der Waals surface area contributed by atoms with E-state index in [9.17, 15) is 4.79 Å². The van der Waals surface area contributed by atoms with Crippen molar-refractivity contribution in [3.05, 3.63) is 29.8 Å². The highest BCUT2D eigenvalue weighted by atomic mass is 35.5. The number of carbonyl (C=O) groups excluding carboxylic acids is 1. The van der Waals surface area contributed by atoms with Crippen LogP contribution in [-0.2, 0) is 4.79 Å². The largest absolute Gasteiger partial charge is 0.325 e. The molecule has 0 atom stereocenters. The van der Waals surface area contributed by atoms with Gasteiger partial charge < -0.3 is 10.6 Å². The molecule has 1 heterocycles. The van der Waals surface area contributed by atoms with Crippen LogP contribution in [0.25, 0.3) is 0 Å². The maximum atomic E-state index is 12.0. The molecule has 2 N–H and O–H groups in total. The number of rotatable bonds is 5. The van der Waals surface area contributed by atoms with Crippen LogP contribution in [0.1, 0.15) is 18.4 Å². The lowest BCUT2D eigenvalue weighted by Gasteiger charge is -2.27. The number of nitrogens with zero attached hydrogens (tertiary/aromatic N) is 1. The molecule has 1 amide bonds. The van der Waals surface area contributed by atoms with Crippen molar-refractivity contribution in [1.29, 1.82) is 0 Å². The highest BCUT2D eigenvalue weighted by molar-refractivity contribution is 5.92. The fraction of sp³-hybridized carbons (Fsp3) is 0.562. The Morgan fingerprint density at radius 1 is 1.29 bits per heavy atom. The average molecular weight is 312 g/mol. The SMILES string of the molecule is Cc1ccc(NC(=O)CN(C)CC2CCNCC2)cc1.Cl. The summed E-state index contributed by atoms with van der Waals surface area (Å²) in [4.78, 5) is 14.1. The molecule has 1 aromatic carbocycles. The minimum Gasteiger partial charge on any atom is -0.325 e. The summed E-state index contributed by atoms with van der Waals surface area (Å²) in [6.45, 7) is 5.71. The van der Waals surface area contributed by atoms with Crippen LogP contribution in [0.3, 0.4) is 0 Å². The smallest absolute Gasteiger partial charge is 0.238 e.